The number of piperazine rings is 1. The Morgan fingerprint density at radius 3 is 2.16 bits per heavy atom. The van der Waals surface area contributed by atoms with Crippen LogP contribution in [0.4, 0.5) is 13.2 Å². The lowest BCUT2D eigenvalue weighted by Crippen LogP contribution is -2.50. The molecule has 0 spiro atoms. The van der Waals surface area contributed by atoms with Crippen molar-refractivity contribution < 1.29 is 30.8 Å². The maximum atomic E-state index is 13.9. The first-order valence-corrected chi connectivity index (χ1v) is 10.8. The first-order valence-electron chi connectivity index (χ1n) is 9.36. The van der Waals surface area contributed by atoms with Crippen LogP contribution in [0.5, 0.6) is 0 Å². The molecule has 1 aliphatic rings. The first-order chi connectivity index (χ1) is 14.8. The van der Waals surface area contributed by atoms with Gasteiger partial charge in [0.25, 0.3) is 5.91 Å². The fourth-order valence-electron chi connectivity index (χ4n) is 3.32. The molecule has 1 amide bonds. The van der Waals surface area contributed by atoms with Crippen LogP contribution in [0.2, 0.25) is 0 Å². The number of halogens is 3. The van der Waals surface area contributed by atoms with E-state index in [0.717, 1.165) is 16.4 Å². The van der Waals surface area contributed by atoms with E-state index in [0.29, 0.717) is 17.4 Å². The predicted octanol–water partition coefficient (Wildman–Crippen LogP) is 3.51. The minimum atomic E-state index is -4.24. The molecule has 2 heterocycles. The average Bonchev–Trinajstić information content (AvgIpc) is 3.25. The van der Waals surface area contributed by atoms with Crippen LogP contribution in [0.25, 0.3) is 11.3 Å². The van der Waals surface area contributed by atoms with E-state index in [1.54, 1.807) is 6.07 Å². The third kappa shape index (κ3) is 4.21. The molecule has 0 bridgehead atoms. The zero-order valence-corrected chi connectivity index (χ0v) is 16.9. The number of benzene rings is 2. The van der Waals surface area contributed by atoms with Crippen LogP contribution in [0, 0.1) is 17.5 Å². The molecule has 1 fully saturated rings. The van der Waals surface area contributed by atoms with E-state index in [-0.39, 0.29) is 31.9 Å². The van der Waals surface area contributed by atoms with Crippen molar-refractivity contribution in [2.24, 2.45) is 0 Å². The van der Waals surface area contributed by atoms with Crippen LogP contribution in [-0.4, -0.2) is 49.7 Å². The van der Waals surface area contributed by atoms with Crippen molar-refractivity contribution in [3.63, 3.8) is 0 Å². The van der Waals surface area contributed by atoms with Crippen molar-refractivity contribution in [1.29, 1.82) is 0 Å². The molecular weight excluding hydrogens is 433 g/mol. The lowest BCUT2D eigenvalue weighted by atomic mass is 10.2. The van der Waals surface area contributed by atoms with Crippen molar-refractivity contribution in [2.45, 2.75) is 4.90 Å². The van der Waals surface area contributed by atoms with Gasteiger partial charge in [0.1, 0.15) is 28.1 Å². The van der Waals surface area contributed by atoms with Crippen molar-refractivity contribution in [1.82, 2.24) is 9.21 Å². The van der Waals surface area contributed by atoms with Crippen molar-refractivity contribution in [3.8, 4) is 11.3 Å². The summed E-state index contributed by atoms with van der Waals surface area (Å²) in [6.45, 7) is -0.0335. The molecule has 10 heteroatoms. The third-order valence-corrected chi connectivity index (χ3v) is 6.90. The summed E-state index contributed by atoms with van der Waals surface area (Å²) in [4.78, 5) is 13.4. The molecule has 1 aromatic heterocycles. The minimum Gasteiger partial charge on any atom is -0.451 e. The largest absolute Gasteiger partial charge is 0.451 e. The Kier molecular flexibility index (Phi) is 5.59. The lowest BCUT2D eigenvalue weighted by Gasteiger charge is -2.33. The Balaban J connectivity index is 1.45. The molecule has 1 aliphatic heterocycles. The van der Waals surface area contributed by atoms with Crippen LogP contribution in [-0.2, 0) is 10.0 Å². The Bertz CT molecular complexity index is 1220. The molecule has 0 atom stereocenters. The summed E-state index contributed by atoms with van der Waals surface area (Å²) in [7, 11) is -4.24. The van der Waals surface area contributed by atoms with Gasteiger partial charge < -0.3 is 9.32 Å². The minimum absolute atomic E-state index is 0.0571. The molecule has 0 saturated carbocycles. The van der Waals surface area contributed by atoms with E-state index in [2.05, 4.69) is 0 Å². The fraction of sp³-hybridized carbons (Fsp3) is 0.190. The van der Waals surface area contributed by atoms with E-state index >= 15 is 0 Å². The molecule has 0 unspecified atom stereocenters. The molecule has 0 radical (unpaired) electrons. The molecule has 3 aromatic rings. The Morgan fingerprint density at radius 2 is 1.48 bits per heavy atom. The predicted molar refractivity (Wildman–Crippen MR) is 105 cm³/mol. The quantitative estimate of drug-likeness (QED) is 0.610. The highest BCUT2D eigenvalue weighted by atomic mass is 32.2. The maximum Gasteiger partial charge on any atom is 0.289 e. The highest BCUT2D eigenvalue weighted by molar-refractivity contribution is 7.89. The monoisotopic (exact) mass is 450 g/mol. The highest BCUT2D eigenvalue weighted by Gasteiger charge is 2.33. The van der Waals surface area contributed by atoms with E-state index < -0.39 is 38.3 Å². The fourth-order valence-corrected chi connectivity index (χ4v) is 4.82. The Labute approximate surface area is 176 Å². The van der Waals surface area contributed by atoms with Crippen molar-refractivity contribution >= 4 is 15.9 Å². The number of sulfonamides is 1. The Morgan fingerprint density at radius 1 is 0.839 bits per heavy atom. The van der Waals surface area contributed by atoms with Crippen LogP contribution >= 0.6 is 0 Å². The molecule has 1 saturated heterocycles. The third-order valence-electron chi connectivity index (χ3n) is 4.98. The van der Waals surface area contributed by atoms with Crippen LogP contribution in [0.1, 0.15) is 10.6 Å². The van der Waals surface area contributed by atoms with Gasteiger partial charge in [0, 0.05) is 31.7 Å². The number of nitrogens with zero attached hydrogens (tertiary/aromatic N) is 2. The summed E-state index contributed by atoms with van der Waals surface area (Å²) in [6, 6.07) is 10.9. The normalized spacial score (nSPS) is 15.3. The van der Waals surface area contributed by atoms with Crippen LogP contribution < -0.4 is 0 Å². The number of furan rings is 1. The van der Waals surface area contributed by atoms with Gasteiger partial charge in [-0.1, -0.05) is 0 Å². The van der Waals surface area contributed by atoms with Gasteiger partial charge in [0.05, 0.1) is 0 Å². The summed E-state index contributed by atoms with van der Waals surface area (Å²) in [5, 5.41) is 0. The molecule has 6 nitrogen and oxygen atoms in total. The van der Waals surface area contributed by atoms with E-state index in [9.17, 15) is 26.4 Å². The first kappa shape index (κ1) is 21.1. The van der Waals surface area contributed by atoms with Gasteiger partial charge in [-0.15, -0.1) is 0 Å². The number of amides is 1. The second kappa shape index (κ2) is 8.20. The van der Waals surface area contributed by atoms with Gasteiger partial charge in [0.15, 0.2) is 5.76 Å². The molecule has 162 valence electrons. The van der Waals surface area contributed by atoms with Gasteiger partial charge in [-0.2, -0.15) is 4.31 Å². The number of rotatable bonds is 4. The molecule has 0 aliphatic carbocycles. The second-order valence-electron chi connectivity index (χ2n) is 6.94. The highest BCUT2D eigenvalue weighted by Crippen LogP contribution is 2.25. The van der Waals surface area contributed by atoms with Gasteiger partial charge in [-0.3, -0.25) is 4.79 Å². The van der Waals surface area contributed by atoms with Crippen LogP contribution in [0.3, 0.4) is 0 Å². The van der Waals surface area contributed by atoms with Gasteiger partial charge in [0.2, 0.25) is 10.0 Å². The smallest absolute Gasteiger partial charge is 0.289 e. The van der Waals surface area contributed by atoms with Gasteiger partial charge in [-0.25, -0.2) is 21.6 Å². The summed E-state index contributed by atoms with van der Waals surface area (Å²) in [5.41, 5.74) is 0.605. The van der Waals surface area contributed by atoms with Gasteiger partial charge in [-0.05, 0) is 54.6 Å². The molecule has 4 rings (SSSR count). The summed E-state index contributed by atoms with van der Waals surface area (Å²) in [6.07, 6.45) is 0. The standard InChI is InChI=1S/C21H17F3N2O4S/c22-15-3-1-14(2-4-15)18-7-8-19(30-18)21(27)25-9-11-26(12-10-25)31(28,29)20-13-16(23)5-6-17(20)24/h1-8,13H,9-12H2. The molecule has 31 heavy (non-hydrogen) atoms. The van der Waals surface area contributed by atoms with E-state index in [1.165, 1.54) is 35.2 Å². The summed E-state index contributed by atoms with van der Waals surface area (Å²) < 4.78 is 72.3. The SMILES string of the molecule is O=C(c1ccc(-c2ccc(F)cc2)o1)N1CCN(S(=O)(=O)c2cc(F)ccc2F)CC1. The molecular formula is C21H17F3N2O4S. The number of hydrogen-bond donors (Lipinski definition) is 0. The summed E-state index contributed by atoms with van der Waals surface area (Å²) >= 11 is 0. The number of carbonyl (C=O) groups excluding carboxylic acids is 1. The Hall–Kier alpha value is -3.11. The van der Waals surface area contributed by atoms with Crippen LogP contribution in [0.15, 0.2) is 63.9 Å². The zero-order chi connectivity index (χ0) is 22.2. The maximum absolute atomic E-state index is 13.9. The van der Waals surface area contributed by atoms with E-state index in [1.807, 2.05) is 0 Å². The second-order valence-corrected chi connectivity index (χ2v) is 8.85. The topological polar surface area (TPSA) is 70.8 Å². The number of hydrogen-bond acceptors (Lipinski definition) is 4. The average molecular weight is 450 g/mol. The van der Waals surface area contributed by atoms with Crippen molar-refractivity contribution in [2.75, 3.05) is 26.2 Å². The van der Waals surface area contributed by atoms with Gasteiger partial charge >= 0.3 is 0 Å². The lowest BCUT2D eigenvalue weighted by molar-refractivity contribution is 0.0666. The molecule has 2 aromatic carbocycles. The zero-order valence-electron chi connectivity index (χ0n) is 16.1. The van der Waals surface area contributed by atoms with E-state index in [4.69, 9.17) is 4.42 Å². The molecule has 0 N–H and O–H groups in total. The van der Waals surface area contributed by atoms with Crippen molar-refractivity contribution in [3.05, 3.63) is 77.8 Å². The summed E-state index contributed by atoms with van der Waals surface area (Å²) in [5.74, 6) is -2.26. The number of carbonyl (C=O) groups is 1.